The maximum Gasteiger partial charge on any atom is 0.126 e. The minimum absolute atomic E-state index is 0.143. The van der Waals surface area contributed by atoms with Crippen LogP contribution in [0, 0.1) is 12.7 Å². The monoisotopic (exact) mass is 235 g/mol. The highest BCUT2D eigenvalue weighted by Gasteiger charge is 2.04. The number of halogens is 1. The number of benzene rings is 1. The number of aryl methyl sites for hydroxylation is 1. The van der Waals surface area contributed by atoms with Crippen LogP contribution in [0.15, 0.2) is 30.3 Å². The summed E-state index contributed by atoms with van der Waals surface area (Å²) in [6.07, 6.45) is 0. The van der Waals surface area contributed by atoms with E-state index in [1.165, 1.54) is 15.8 Å². The van der Waals surface area contributed by atoms with Crippen LogP contribution in [0.5, 0.6) is 0 Å². The maximum absolute atomic E-state index is 13.1. The third-order valence-corrected chi connectivity index (χ3v) is 3.59. The van der Waals surface area contributed by atoms with Crippen molar-refractivity contribution in [2.45, 2.75) is 13.5 Å². The molecule has 0 aliphatic carbocycles. The zero-order valence-electron chi connectivity index (χ0n) is 9.38. The maximum atomic E-state index is 13.1. The molecule has 1 aromatic heterocycles. The Labute approximate surface area is 98.9 Å². The fourth-order valence-electron chi connectivity index (χ4n) is 1.60. The van der Waals surface area contributed by atoms with E-state index in [9.17, 15) is 4.39 Å². The lowest BCUT2D eigenvalue weighted by Gasteiger charge is -2.00. The summed E-state index contributed by atoms with van der Waals surface area (Å²) in [7, 11) is 1.93. The van der Waals surface area contributed by atoms with Crippen LogP contribution < -0.4 is 5.32 Å². The second-order valence-corrected chi connectivity index (χ2v) is 4.93. The molecular weight excluding hydrogens is 221 g/mol. The Balaban J connectivity index is 2.31. The minimum atomic E-state index is -0.143. The molecule has 0 amide bonds. The first-order chi connectivity index (χ1) is 7.70. The van der Waals surface area contributed by atoms with Crippen molar-refractivity contribution in [2.75, 3.05) is 7.05 Å². The first kappa shape index (κ1) is 11.3. The standard InChI is InChI=1S/C13H14FNS/c1-9-7-10(3-5-12(9)14)13-6-4-11(16-13)8-15-2/h3-7,15H,8H2,1-2H3. The average molecular weight is 235 g/mol. The Bertz CT molecular complexity index is 490. The Morgan fingerprint density at radius 1 is 1.25 bits per heavy atom. The van der Waals surface area contributed by atoms with Gasteiger partial charge in [-0.1, -0.05) is 6.07 Å². The molecular formula is C13H14FNS. The highest BCUT2D eigenvalue weighted by atomic mass is 32.1. The van der Waals surface area contributed by atoms with Crippen LogP contribution in [-0.2, 0) is 6.54 Å². The Kier molecular flexibility index (Phi) is 3.36. The van der Waals surface area contributed by atoms with Crippen molar-refractivity contribution < 1.29 is 4.39 Å². The minimum Gasteiger partial charge on any atom is -0.315 e. The van der Waals surface area contributed by atoms with E-state index < -0.39 is 0 Å². The summed E-state index contributed by atoms with van der Waals surface area (Å²) in [6, 6.07) is 9.45. The molecule has 0 atom stereocenters. The normalized spacial score (nSPS) is 10.7. The second-order valence-electron chi connectivity index (χ2n) is 3.76. The van der Waals surface area contributed by atoms with Gasteiger partial charge in [0.25, 0.3) is 0 Å². The van der Waals surface area contributed by atoms with E-state index in [0.717, 1.165) is 12.1 Å². The summed E-state index contributed by atoms with van der Waals surface area (Å²) in [5.74, 6) is -0.143. The van der Waals surface area contributed by atoms with Crippen LogP contribution in [0.2, 0.25) is 0 Å². The molecule has 3 heteroatoms. The summed E-state index contributed by atoms with van der Waals surface area (Å²) in [6.45, 7) is 2.67. The molecule has 0 spiro atoms. The van der Waals surface area contributed by atoms with Crippen LogP contribution in [0.4, 0.5) is 4.39 Å². The predicted molar refractivity (Wildman–Crippen MR) is 67.2 cm³/mol. The lowest BCUT2D eigenvalue weighted by Crippen LogP contribution is -2.02. The van der Waals surface area contributed by atoms with Gasteiger partial charge in [-0.15, -0.1) is 11.3 Å². The van der Waals surface area contributed by atoms with E-state index >= 15 is 0 Å². The molecule has 1 heterocycles. The largest absolute Gasteiger partial charge is 0.315 e. The summed E-state index contributed by atoms with van der Waals surface area (Å²) in [5.41, 5.74) is 1.78. The van der Waals surface area contributed by atoms with Gasteiger partial charge in [-0.25, -0.2) is 4.39 Å². The van der Waals surface area contributed by atoms with Gasteiger partial charge in [0, 0.05) is 16.3 Å². The molecule has 1 nitrogen and oxygen atoms in total. The molecule has 2 aromatic rings. The van der Waals surface area contributed by atoms with Gasteiger partial charge in [-0.3, -0.25) is 0 Å². The fourth-order valence-corrected chi connectivity index (χ4v) is 2.62. The van der Waals surface area contributed by atoms with Gasteiger partial charge in [0.15, 0.2) is 0 Å². The van der Waals surface area contributed by atoms with Crippen molar-refractivity contribution in [1.82, 2.24) is 5.32 Å². The predicted octanol–water partition coefficient (Wildman–Crippen LogP) is 3.58. The number of nitrogens with one attached hydrogen (secondary N) is 1. The lowest BCUT2D eigenvalue weighted by molar-refractivity contribution is 0.619. The molecule has 0 saturated carbocycles. The molecule has 0 saturated heterocycles. The van der Waals surface area contributed by atoms with Gasteiger partial charge in [0.2, 0.25) is 0 Å². The van der Waals surface area contributed by atoms with Crippen LogP contribution in [0.3, 0.4) is 0 Å². The molecule has 84 valence electrons. The third kappa shape index (κ3) is 2.31. The molecule has 0 aliphatic rings. The van der Waals surface area contributed by atoms with Crippen molar-refractivity contribution in [3.63, 3.8) is 0 Å². The summed E-state index contributed by atoms with van der Waals surface area (Å²) < 4.78 is 13.1. The number of hydrogen-bond acceptors (Lipinski definition) is 2. The first-order valence-corrected chi connectivity index (χ1v) is 6.02. The number of rotatable bonds is 3. The van der Waals surface area contributed by atoms with E-state index in [4.69, 9.17) is 0 Å². The van der Waals surface area contributed by atoms with Gasteiger partial charge < -0.3 is 5.32 Å². The van der Waals surface area contributed by atoms with Gasteiger partial charge in [-0.05, 0) is 49.4 Å². The first-order valence-electron chi connectivity index (χ1n) is 5.20. The quantitative estimate of drug-likeness (QED) is 0.857. The van der Waals surface area contributed by atoms with E-state index in [-0.39, 0.29) is 5.82 Å². The van der Waals surface area contributed by atoms with Crippen molar-refractivity contribution >= 4 is 11.3 Å². The highest BCUT2D eigenvalue weighted by Crippen LogP contribution is 2.29. The summed E-state index contributed by atoms with van der Waals surface area (Å²) >= 11 is 1.74. The Morgan fingerprint density at radius 3 is 2.75 bits per heavy atom. The van der Waals surface area contributed by atoms with Crippen molar-refractivity contribution in [2.24, 2.45) is 0 Å². The lowest BCUT2D eigenvalue weighted by atomic mass is 10.1. The number of thiophene rings is 1. The number of hydrogen-bond donors (Lipinski definition) is 1. The molecule has 0 unspecified atom stereocenters. The van der Waals surface area contributed by atoms with E-state index in [1.54, 1.807) is 18.3 Å². The van der Waals surface area contributed by atoms with E-state index in [2.05, 4.69) is 17.4 Å². The molecule has 2 rings (SSSR count). The highest BCUT2D eigenvalue weighted by molar-refractivity contribution is 7.15. The fraction of sp³-hybridized carbons (Fsp3) is 0.231. The summed E-state index contributed by atoms with van der Waals surface area (Å²) in [5, 5.41) is 3.12. The van der Waals surface area contributed by atoms with Crippen molar-refractivity contribution in [1.29, 1.82) is 0 Å². The smallest absolute Gasteiger partial charge is 0.126 e. The summed E-state index contributed by atoms with van der Waals surface area (Å²) in [4.78, 5) is 2.48. The van der Waals surface area contributed by atoms with E-state index in [0.29, 0.717) is 5.56 Å². The van der Waals surface area contributed by atoms with Crippen LogP contribution in [0.25, 0.3) is 10.4 Å². The molecule has 0 bridgehead atoms. The van der Waals surface area contributed by atoms with E-state index in [1.807, 2.05) is 19.2 Å². The van der Waals surface area contributed by atoms with Gasteiger partial charge in [-0.2, -0.15) is 0 Å². The molecule has 16 heavy (non-hydrogen) atoms. The second kappa shape index (κ2) is 4.76. The molecule has 1 aromatic carbocycles. The van der Waals surface area contributed by atoms with Crippen molar-refractivity contribution in [3.05, 3.63) is 46.6 Å². The third-order valence-electron chi connectivity index (χ3n) is 2.46. The SMILES string of the molecule is CNCc1ccc(-c2ccc(F)c(C)c2)s1. The van der Waals surface area contributed by atoms with Crippen LogP contribution in [-0.4, -0.2) is 7.05 Å². The topological polar surface area (TPSA) is 12.0 Å². The Hall–Kier alpha value is -1.19. The zero-order valence-corrected chi connectivity index (χ0v) is 10.2. The molecule has 0 fully saturated rings. The van der Waals surface area contributed by atoms with Crippen LogP contribution >= 0.6 is 11.3 Å². The van der Waals surface area contributed by atoms with Gasteiger partial charge >= 0.3 is 0 Å². The average Bonchev–Trinajstić information content (AvgIpc) is 2.71. The molecule has 0 radical (unpaired) electrons. The zero-order chi connectivity index (χ0) is 11.5. The molecule has 0 aliphatic heterocycles. The Morgan fingerprint density at radius 2 is 2.06 bits per heavy atom. The van der Waals surface area contributed by atoms with Gasteiger partial charge in [0.1, 0.15) is 5.82 Å². The molecule has 1 N–H and O–H groups in total. The van der Waals surface area contributed by atoms with Gasteiger partial charge in [0.05, 0.1) is 0 Å². The van der Waals surface area contributed by atoms with Crippen LogP contribution in [0.1, 0.15) is 10.4 Å². The van der Waals surface area contributed by atoms with Crippen molar-refractivity contribution in [3.8, 4) is 10.4 Å².